The summed E-state index contributed by atoms with van der Waals surface area (Å²) in [6.45, 7) is 0.452. The first-order valence-corrected chi connectivity index (χ1v) is 6.83. The fourth-order valence-corrected chi connectivity index (χ4v) is 2.40. The van der Waals surface area contributed by atoms with E-state index in [1.54, 1.807) is 12.1 Å². The van der Waals surface area contributed by atoms with E-state index in [-0.39, 0.29) is 11.9 Å². The predicted octanol–water partition coefficient (Wildman–Crippen LogP) is 3.13. The van der Waals surface area contributed by atoms with Gasteiger partial charge in [-0.25, -0.2) is 4.39 Å². The van der Waals surface area contributed by atoms with Gasteiger partial charge >= 0.3 is 0 Å². The molecule has 1 unspecified atom stereocenters. The van der Waals surface area contributed by atoms with E-state index in [4.69, 9.17) is 4.74 Å². The molecule has 0 amide bonds. The number of halogens is 1. The van der Waals surface area contributed by atoms with Crippen LogP contribution in [0.2, 0.25) is 0 Å². The molecule has 0 spiro atoms. The van der Waals surface area contributed by atoms with Crippen LogP contribution in [0.1, 0.15) is 30.1 Å². The Morgan fingerprint density at radius 1 is 1.40 bits per heavy atom. The number of hydrogen-bond acceptors (Lipinski definition) is 2. The quantitative estimate of drug-likeness (QED) is 0.909. The molecule has 20 heavy (non-hydrogen) atoms. The topological polar surface area (TPSA) is 34.4 Å². The Kier molecular flexibility index (Phi) is 3.49. The van der Waals surface area contributed by atoms with Gasteiger partial charge in [-0.3, -0.25) is 0 Å². The van der Waals surface area contributed by atoms with Gasteiger partial charge in [-0.1, -0.05) is 6.07 Å². The van der Waals surface area contributed by atoms with E-state index < -0.39 is 0 Å². The smallest absolute Gasteiger partial charge is 0.131 e. The highest BCUT2D eigenvalue weighted by Gasteiger charge is 2.31. The van der Waals surface area contributed by atoms with Crippen molar-refractivity contribution >= 4 is 0 Å². The van der Waals surface area contributed by atoms with E-state index >= 15 is 0 Å². The Balaban J connectivity index is 1.74. The number of rotatable bonds is 5. The van der Waals surface area contributed by atoms with Gasteiger partial charge in [0.05, 0.1) is 13.2 Å². The van der Waals surface area contributed by atoms with E-state index in [1.807, 2.05) is 23.0 Å². The molecule has 1 aliphatic rings. The van der Waals surface area contributed by atoms with E-state index in [0.717, 1.165) is 18.4 Å². The lowest BCUT2D eigenvalue weighted by Crippen LogP contribution is -2.01. The first-order valence-electron chi connectivity index (χ1n) is 6.83. The van der Waals surface area contributed by atoms with Crippen molar-refractivity contribution in [3.05, 3.63) is 53.6 Å². The van der Waals surface area contributed by atoms with Gasteiger partial charge in [0.25, 0.3) is 0 Å². The molecule has 106 valence electrons. The highest BCUT2D eigenvalue weighted by Crippen LogP contribution is 2.40. The second kappa shape index (κ2) is 5.29. The highest BCUT2D eigenvalue weighted by atomic mass is 19.1. The zero-order valence-electron chi connectivity index (χ0n) is 11.4. The third-order valence-corrected chi connectivity index (χ3v) is 3.80. The average molecular weight is 275 g/mol. The molecule has 0 aliphatic heterocycles. The number of hydrogen-bond donors (Lipinski definition) is 1. The largest absolute Gasteiger partial charge is 0.497 e. The zero-order chi connectivity index (χ0) is 14.1. The summed E-state index contributed by atoms with van der Waals surface area (Å²) in [4.78, 5) is 0. The number of methoxy groups -OCH3 is 1. The number of nitrogens with zero attached hydrogens (tertiary/aromatic N) is 1. The van der Waals surface area contributed by atoms with Crippen molar-refractivity contribution < 1.29 is 14.2 Å². The van der Waals surface area contributed by atoms with Crippen LogP contribution in [0.15, 0.2) is 36.7 Å². The maximum absolute atomic E-state index is 13.9. The van der Waals surface area contributed by atoms with Gasteiger partial charge in [-0.05, 0) is 36.5 Å². The second-order valence-electron chi connectivity index (χ2n) is 5.36. The van der Waals surface area contributed by atoms with Crippen molar-refractivity contribution in [1.29, 1.82) is 0 Å². The van der Waals surface area contributed by atoms with Crippen LogP contribution in [0.3, 0.4) is 0 Å². The molecule has 3 rings (SSSR count). The zero-order valence-corrected chi connectivity index (χ0v) is 11.4. The first-order chi connectivity index (χ1) is 9.67. The summed E-state index contributed by atoms with van der Waals surface area (Å²) in [5.41, 5.74) is 1.52. The van der Waals surface area contributed by atoms with Crippen LogP contribution in [-0.2, 0) is 6.54 Å². The van der Waals surface area contributed by atoms with Gasteiger partial charge < -0.3 is 14.4 Å². The second-order valence-corrected chi connectivity index (χ2v) is 5.36. The fourth-order valence-electron chi connectivity index (χ4n) is 2.40. The van der Waals surface area contributed by atoms with Gasteiger partial charge in [0.1, 0.15) is 11.6 Å². The number of aliphatic hydroxyl groups is 1. The van der Waals surface area contributed by atoms with Crippen molar-refractivity contribution in [3.63, 3.8) is 0 Å². The van der Waals surface area contributed by atoms with Gasteiger partial charge in [0.2, 0.25) is 0 Å². The third kappa shape index (κ3) is 2.70. The molecule has 1 fully saturated rings. The third-order valence-electron chi connectivity index (χ3n) is 3.80. The lowest BCUT2D eigenvalue weighted by molar-refractivity contribution is 0.154. The first kappa shape index (κ1) is 13.2. The van der Waals surface area contributed by atoms with Crippen LogP contribution < -0.4 is 4.74 Å². The normalized spacial score (nSPS) is 16.1. The maximum Gasteiger partial charge on any atom is 0.131 e. The molecule has 1 aromatic heterocycles. The number of benzene rings is 1. The standard InChI is InChI=1S/C16H18FNO2/c1-20-14-5-4-12(15(17)8-14)9-18-7-6-13(10-18)16(19)11-2-3-11/h4-8,10-11,16,19H,2-3,9H2,1H3. The van der Waals surface area contributed by atoms with E-state index in [1.165, 1.54) is 13.2 Å². The Morgan fingerprint density at radius 3 is 2.85 bits per heavy atom. The van der Waals surface area contributed by atoms with Crippen LogP contribution in [-0.4, -0.2) is 16.8 Å². The lowest BCUT2D eigenvalue weighted by atomic mass is 10.1. The molecular formula is C16H18FNO2. The summed E-state index contributed by atoms with van der Waals surface area (Å²) in [7, 11) is 1.52. The summed E-state index contributed by atoms with van der Waals surface area (Å²) < 4.78 is 20.8. The van der Waals surface area contributed by atoms with Crippen molar-refractivity contribution in [2.75, 3.05) is 7.11 Å². The Bertz CT molecular complexity index is 604. The number of aliphatic hydroxyl groups excluding tert-OH is 1. The monoisotopic (exact) mass is 275 g/mol. The van der Waals surface area contributed by atoms with E-state index in [9.17, 15) is 9.50 Å². The van der Waals surface area contributed by atoms with Crippen LogP contribution in [0, 0.1) is 11.7 Å². The summed E-state index contributed by atoms with van der Waals surface area (Å²) in [5.74, 6) is 0.648. The lowest BCUT2D eigenvalue weighted by Gasteiger charge is -2.08. The molecule has 1 atom stereocenters. The molecule has 4 heteroatoms. The SMILES string of the molecule is COc1ccc(Cn2ccc(C(O)C3CC3)c2)c(F)c1. The van der Waals surface area contributed by atoms with Crippen molar-refractivity contribution in [3.8, 4) is 5.75 Å². The molecule has 1 aliphatic carbocycles. The molecule has 0 radical (unpaired) electrons. The van der Waals surface area contributed by atoms with Crippen LogP contribution in [0.25, 0.3) is 0 Å². The van der Waals surface area contributed by atoms with Crippen LogP contribution in [0.4, 0.5) is 4.39 Å². The fraction of sp³-hybridized carbons (Fsp3) is 0.375. The van der Waals surface area contributed by atoms with E-state index in [2.05, 4.69) is 0 Å². The summed E-state index contributed by atoms with van der Waals surface area (Å²) in [6, 6.07) is 6.77. The van der Waals surface area contributed by atoms with Gasteiger partial charge in [0, 0.05) is 30.6 Å². The highest BCUT2D eigenvalue weighted by molar-refractivity contribution is 5.29. The molecule has 0 saturated heterocycles. The molecule has 3 nitrogen and oxygen atoms in total. The van der Waals surface area contributed by atoms with Gasteiger partial charge in [0.15, 0.2) is 0 Å². The predicted molar refractivity (Wildman–Crippen MR) is 74.2 cm³/mol. The minimum absolute atomic E-state index is 0.276. The Labute approximate surface area is 117 Å². The van der Waals surface area contributed by atoms with E-state index in [0.29, 0.717) is 23.8 Å². The summed E-state index contributed by atoms with van der Waals surface area (Å²) >= 11 is 0. The van der Waals surface area contributed by atoms with Crippen molar-refractivity contribution in [2.45, 2.75) is 25.5 Å². The number of ether oxygens (including phenoxy) is 1. The van der Waals surface area contributed by atoms with Gasteiger partial charge in [-0.2, -0.15) is 0 Å². The van der Waals surface area contributed by atoms with Crippen LogP contribution >= 0.6 is 0 Å². The minimum atomic E-state index is -0.378. The van der Waals surface area contributed by atoms with Gasteiger partial charge in [-0.15, -0.1) is 0 Å². The molecule has 1 heterocycles. The molecule has 2 aromatic rings. The van der Waals surface area contributed by atoms with Crippen molar-refractivity contribution in [2.24, 2.45) is 5.92 Å². The molecule has 0 bridgehead atoms. The summed E-state index contributed by atoms with van der Waals surface area (Å²) in [6.07, 6.45) is 5.59. The molecule has 1 saturated carbocycles. The minimum Gasteiger partial charge on any atom is -0.497 e. The number of aromatic nitrogens is 1. The summed E-state index contributed by atoms with van der Waals surface area (Å²) in [5, 5.41) is 10.1. The molecular weight excluding hydrogens is 257 g/mol. The molecule has 1 N–H and O–H groups in total. The average Bonchev–Trinajstić information content (AvgIpc) is 3.20. The Morgan fingerprint density at radius 2 is 2.20 bits per heavy atom. The Hall–Kier alpha value is -1.81. The van der Waals surface area contributed by atoms with Crippen LogP contribution in [0.5, 0.6) is 5.75 Å². The molecule has 1 aromatic carbocycles. The van der Waals surface area contributed by atoms with Crippen molar-refractivity contribution in [1.82, 2.24) is 4.57 Å². The maximum atomic E-state index is 13.9.